The summed E-state index contributed by atoms with van der Waals surface area (Å²) in [6.45, 7) is 4.38. The number of hydrogen-bond donors (Lipinski definition) is 1. The van der Waals surface area contributed by atoms with Crippen LogP contribution < -0.4 is 14.8 Å². The number of hydrogen-bond acceptors (Lipinski definition) is 6. The highest BCUT2D eigenvalue weighted by Crippen LogP contribution is 2.32. The number of nitrogens with one attached hydrogen (secondary N) is 1. The highest BCUT2D eigenvalue weighted by molar-refractivity contribution is 5.91. The molecule has 3 heterocycles. The zero-order valence-electron chi connectivity index (χ0n) is 15.6. The third kappa shape index (κ3) is 3.85. The second-order valence-electron chi connectivity index (χ2n) is 6.69. The quantitative estimate of drug-likeness (QED) is 0.831. The summed E-state index contributed by atoms with van der Waals surface area (Å²) >= 11 is 0. The van der Waals surface area contributed by atoms with E-state index in [-0.39, 0.29) is 31.2 Å². The molecular formula is C18H22N6O4. The molecule has 10 heteroatoms. The average molecular weight is 386 g/mol. The topological polar surface area (TPSA) is 102 Å². The van der Waals surface area contributed by atoms with Gasteiger partial charge in [-0.1, -0.05) is 13.0 Å². The number of urea groups is 1. The highest BCUT2D eigenvalue weighted by Gasteiger charge is 2.28. The van der Waals surface area contributed by atoms with Crippen molar-refractivity contribution in [1.29, 1.82) is 0 Å². The standard InChI is InChI=1S/C18H22N6O4/c1-2-5-24-11-19-17(21-24)20-18(26)23-7-6-22(16(25)10-23)9-13-3-4-14-15(8-13)28-12-27-14/h3-4,8,11H,2,5-7,9-10,12H2,1H3,(H,20,21,26). The van der Waals surface area contributed by atoms with E-state index in [0.29, 0.717) is 31.1 Å². The van der Waals surface area contributed by atoms with E-state index in [9.17, 15) is 9.59 Å². The Morgan fingerprint density at radius 3 is 2.93 bits per heavy atom. The third-order valence-electron chi connectivity index (χ3n) is 4.62. The van der Waals surface area contributed by atoms with Crippen LogP contribution in [0.25, 0.3) is 0 Å². The summed E-state index contributed by atoms with van der Waals surface area (Å²) < 4.78 is 12.4. The van der Waals surface area contributed by atoms with Crippen molar-refractivity contribution in [2.75, 3.05) is 31.7 Å². The Bertz CT molecular complexity index is 883. The molecule has 10 nitrogen and oxygen atoms in total. The van der Waals surface area contributed by atoms with E-state index in [4.69, 9.17) is 9.47 Å². The lowest BCUT2D eigenvalue weighted by Crippen LogP contribution is -2.52. The lowest BCUT2D eigenvalue weighted by molar-refractivity contribution is -0.135. The minimum atomic E-state index is -0.370. The molecule has 0 radical (unpaired) electrons. The summed E-state index contributed by atoms with van der Waals surface area (Å²) in [5.74, 6) is 1.54. The predicted octanol–water partition coefficient (Wildman–Crippen LogP) is 1.29. The van der Waals surface area contributed by atoms with Gasteiger partial charge in [0.25, 0.3) is 0 Å². The van der Waals surface area contributed by atoms with E-state index >= 15 is 0 Å². The van der Waals surface area contributed by atoms with Crippen molar-refractivity contribution >= 4 is 17.9 Å². The van der Waals surface area contributed by atoms with Crippen molar-refractivity contribution < 1.29 is 19.1 Å². The SMILES string of the molecule is CCCn1cnc(NC(=O)N2CCN(Cc3ccc4c(c3)OCO4)C(=O)C2)n1. The summed E-state index contributed by atoms with van der Waals surface area (Å²) in [6, 6.07) is 5.27. The van der Waals surface area contributed by atoms with Crippen LogP contribution in [0.3, 0.4) is 0 Å². The lowest BCUT2D eigenvalue weighted by Gasteiger charge is -2.34. The molecule has 1 saturated heterocycles. The molecule has 2 aliphatic rings. The molecule has 2 aromatic rings. The molecular weight excluding hydrogens is 364 g/mol. The summed E-state index contributed by atoms with van der Waals surface area (Å²) in [6.07, 6.45) is 2.50. The van der Waals surface area contributed by atoms with Crippen LogP contribution in [0.1, 0.15) is 18.9 Å². The fraction of sp³-hybridized carbons (Fsp3) is 0.444. The molecule has 1 fully saturated rings. The van der Waals surface area contributed by atoms with Crippen LogP contribution in [0.4, 0.5) is 10.7 Å². The van der Waals surface area contributed by atoms with Crippen LogP contribution in [0.5, 0.6) is 11.5 Å². The zero-order valence-corrected chi connectivity index (χ0v) is 15.6. The number of piperazine rings is 1. The van der Waals surface area contributed by atoms with Crippen LogP contribution in [-0.4, -0.2) is 62.9 Å². The molecule has 1 N–H and O–H groups in total. The number of nitrogens with zero attached hydrogens (tertiary/aromatic N) is 5. The van der Waals surface area contributed by atoms with Gasteiger partial charge in [-0.25, -0.2) is 9.78 Å². The Morgan fingerprint density at radius 2 is 2.11 bits per heavy atom. The van der Waals surface area contributed by atoms with Crippen molar-refractivity contribution in [2.45, 2.75) is 26.4 Å². The van der Waals surface area contributed by atoms with Crippen LogP contribution >= 0.6 is 0 Å². The van der Waals surface area contributed by atoms with Gasteiger partial charge in [-0.15, -0.1) is 5.10 Å². The third-order valence-corrected chi connectivity index (χ3v) is 4.62. The van der Waals surface area contributed by atoms with Gasteiger partial charge < -0.3 is 19.3 Å². The number of rotatable bonds is 5. The van der Waals surface area contributed by atoms with Gasteiger partial charge in [-0.3, -0.25) is 14.8 Å². The molecule has 0 saturated carbocycles. The molecule has 0 unspecified atom stereocenters. The zero-order chi connectivity index (χ0) is 19.5. The van der Waals surface area contributed by atoms with Gasteiger partial charge >= 0.3 is 6.03 Å². The van der Waals surface area contributed by atoms with E-state index in [1.165, 1.54) is 4.90 Å². The van der Waals surface area contributed by atoms with Gasteiger partial charge in [-0.05, 0) is 24.1 Å². The number of fused-ring (bicyclic) bond motifs is 1. The monoisotopic (exact) mass is 386 g/mol. The average Bonchev–Trinajstić information content (AvgIpc) is 3.32. The molecule has 0 spiro atoms. The van der Waals surface area contributed by atoms with E-state index in [2.05, 4.69) is 15.4 Å². The molecule has 1 aromatic heterocycles. The van der Waals surface area contributed by atoms with Gasteiger partial charge in [-0.2, -0.15) is 0 Å². The second-order valence-corrected chi connectivity index (χ2v) is 6.69. The van der Waals surface area contributed by atoms with Crippen LogP contribution in [-0.2, 0) is 17.9 Å². The maximum absolute atomic E-state index is 12.5. The molecule has 0 bridgehead atoms. The van der Waals surface area contributed by atoms with Crippen molar-refractivity contribution in [1.82, 2.24) is 24.6 Å². The largest absolute Gasteiger partial charge is 0.454 e. The summed E-state index contributed by atoms with van der Waals surface area (Å²) in [7, 11) is 0. The first kappa shape index (κ1) is 18.1. The number of amides is 3. The molecule has 4 rings (SSSR count). The van der Waals surface area contributed by atoms with Crippen molar-refractivity contribution in [3.05, 3.63) is 30.1 Å². The van der Waals surface area contributed by atoms with E-state index in [1.807, 2.05) is 25.1 Å². The Labute approximate surface area is 162 Å². The van der Waals surface area contributed by atoms with Gasteiger partial charge in [0.1, 0.15) is 12.9 Å². The minimum absolute atomic E-state index is 0.0199. The van der Waals surface area contributed by atoms with E-state index in [1.54, 1.807) is 15.9 Å². The Kier molecular flexibility index (Phi) is 5.00. The lowest BCUT2D eigenvalue weighted by atomic mass is 10.1. The fourth-order valence-electron chi connectivity index (χ4n) is 3.17. The second kappa shape index (κ2) is 7.75. The van der Waals surface area contributed by atoms with Crippen LogP contribution in [0, 0.1) is 0 Å². The highest BCUT2D eigenvalue weighted by atomic mass is 16.7. The number of carbonyl (C=O) groups is 2. The van der Waals surface area contributed by atoms with Crippen LogP contribution in [0.2, 0.25) is 0 Å². The number of aryl methyl sites for hydroxylation is 1. The Morgan fingerprint density at radius 1 is 1.25 bits per heavy atom. The molecule has 28 heavy (non-hydrogen) atoms. The number of benzene rings is 1. The summed E-state index contributed by atoms with van der Waals surface area (Å²) in [4.78, 5) is 32.2. The smallest absolute Gasteiger partial charge is 0.324 e. The first-order valence-electron chi connectivity index (χ1n) is 9.24. The van der Waals surface area contributed by atoms with Crippen LogP contribution in [0.15, 0.2) is 24.5 Å². The van der Waals surface area contributed by atoms with Crippen molar-refractivity contribution in [2.24, 2.45) is 0 Å². The molecule has 0 atom stereocenters. The summed E-state index contributed by atoms with van der Waals surface area (Å²) in [5, 5.41) is 6.83. The first-order valence-corrected chi connectivity index (χ1v) is 9.24. The maximum Gasteiger partial charge on any atom is 0.324 e. The minimum Gasteiger partial charge on any atom is -0.454 e. The van der Waals surface area contributed by atoms with E-state index < -0.39 is 0 Å². The Hall–Kier alpha value is -3.30. The number of aromatic nitrogens is 3. The predicted molar refractivity (Wildman–Crippen MR) is 98.9 cm³/mol. The maximum atomic E-state index is 12.5. The fourth-order valence-corrected chi connectivity index (χ4v) is 3.17. The van der Waals surface area contributed by atoms with E-state index in [0.717, 1.165) is 18.5 Å². The van der Waals surface area contributed by atoms with Crippen molar-refractivity contribution in [3.63, 3.8) is 0 Å². The normalized spacial score (nSPS) is 15.8. The number of anilines is 1. The number of ether oxygens (including phenoxy) is 2. The van der Waals surface area contributed by atoms with Gasteiger partial charge in [0, 0.05) is 26.2 Å². The Balaban J connectivity index is 1.31. The van der Waals surface area contributed by atoms with Crippen molar-refractivity contribution in [3.8, 4) is 11.5 Å². The molecule has 3 amide bonds. The molecule has 0 aliphatic carbocycles. The first-order chi connectivity index (χ1) is 13.6. The molecule has 2 aliphatic heterocycles. The summed E-state index contributed by atoms with van der Waals surface area (Å²) in [5.41, 5.74) is 0.959. The van der Waals surface area contributed by atoms with Gasteiger partial charge in [0.15, 0.2) is 11.5 Å². The number of carbonyl (C=O) groups excluding carboxylic acids is 2. The molecule has 148 valence electrons. The molecule has 1 aromatic carbocycles. The van der Waals surface area contributed by atoms with Gasteiger partial charge in [0.05, 0.1) is 0 Å². The van der Waals surface area contributed by atoms with Gasteiger partial charge in [0.2, 0.25) is 18.6 Å².